The molecule has 0 aliphatic carbocycles. The molecule has 132 valence electrons. The highest BCUT2D eigenvalue weighted by Gasteiger charge is 2.20. The summed E-state index contributed by atoms with van der Waals surface area (Å²) in [6.07, 6.45) is -0.0238. The van der Waals surface area contributed by atoms with Crippen molar-refractivity contribution in [1.82, 2.24) is 9.80 Å². The molecular weight excluding hydrogens is 324 g/mol. The van der Waals surface area contributed by atoms with Gasteiger partial charge in [0.25, 0.3) is 10.1 Å². The summed E-state index contributed by atoms with van der Waals surface area (Å²) in [5.74, 6) is 1.04. The van der Waals surface area contributed by atoms with Gasteiger partial charge in [0.2, 0.25) is 0 Å². The highest BCUT2D eigenvalue weighted by Crippen LogP contribution is 2.09. The van der Waals surface area contributed by atoms with Crippen LogP contribution in [0, 0.1) is 0 Å². The van der Waals surface area contributed by atoms with Crippen molar-refractivity contribution >= 4 is 22.2 Å². The SMILES string of the molecule is CC(C)OSCCN1CCN(CCS(=O)(=O)OC(C)C)CC1. The first-order valence-electron chi connectivity index (χ1n) is 7.92. The van der Waals surface area contributed by atoms with Gasteiger partial charge in [0.1, 0.15) is 0 Å². The van der Waals surface area contributed by atoms with Crippen LogP contribution in [0.1, 0.15) is 27.7 Å². The third-order valence-corrected chi connectivity index (χ3v) is 5.44. The van der Waals surface area contributed by atoms with E-state index in [1.54, 1.807) is 13.8 Å². The van der Waals surface area contributed by atoms with E-state index in [1.807, 2.05) is 13.8 Å². The van der Waals surface area contributed by atoms with E-state index in [4.69, 9.17) is 8.37 Å². The number of hydrogen-bond acceptors (Lipinski definition) is 7. The van der Waals surface area contributed by atoms with Gasteiger partial charge in [-0.25, -0.2) is 0 Å². The van der Waals surface area contributed by atoms with E-state index in [0.717, 1.165) is 38.5 Å². The predicted octanol–water partition coefficient (Wildman–Crippen LogP) is 1.43. The minimum absolute atomic E-state index is 0.0727. The van der Waals surface area contributed by atoms with Crippen LogP contribution < -0.4 is 0 Å². The van der Waals surface area contributed by atoms with Crippen LogP contribution in [0.3, 0.4) is 0 Å². The quantitative estimate of drug-likeness (QED) is 0.334. The molecule has 0 aromatic rings. The zero-order valence-corrected chi connectivity index (χ0v) is 15.8. The van der Waals surface area contributed by atoms with Crippen molar-refractivity contribution in [2.75, 3.05) is 50.8 Å². The predicted molar refractivity (Wildman–Crippen MR) is 91.6 cm³/mol. The summed E-state index contributed by atoms with van der Waals surface area (Å²) in [5, 5.41) is 0. The number of nitrogens with zero attached hydrogens (tertiary/aromatic N) is 2. The summed E-state index contributed by atoms with van der Waals surface area (Å²) < 4.78 is 33.8. The van der Waals surface area contributed by atoms with Crippen molar-refractivity contribution in [3.8, 4) is 0 Å². The molecule has 0 saturated carbocycles. The van der Waals surface area contributed by atoms with Gasteiger partial charge in [0, 0.05) is 45.0 Å². The lowest BCUT2D eigenvalue weighted by Gasteiger charge is -2.34. The fourth-order valence-electron chi connectivity index (χ4n) is 2.17. The summed E-state index contributed by atoms with van der Waals surface area (Å²) in [6, 6.07) is 0. The second-order valence-electron chi connectivity index (χ2n) is 6.06. The van der Waals surface area contributed by atoms with E-state index in [1.165, 1.54) is 12.0 Å². The molecule has 22 heavy (non-hydrogen) atoms. The van der Waals surface area contributed by atoms with Crippen molar-refractivity contribution in [2.45, 2.75) is 39.9 Å². The second kappa shape index (κ2) is 10.1. The zero-order chi connectivity index (χ0) is 16.6. The Morgan fingerprint density at radius 3 is 2.00 bits per heavy atom. The number of rotatable bonds is 10. The average molecular weight is 355 g/mol. The second-order valence-corrected chi connectivity index (χ2v) is 8.61. The van der Waals surface area contributed by atoms with Crippen LogP contribution in [0.4, 0.5) is 0 Å². The number of piperazine rings is 1. The van der Waals surface area contributed by atoms with Gasteiger partial charge in [0.15, 0.2) is 0 Å². The van der Waals surface area contributed by atoms with E-state index in [-0.39, 0.29) is 18.0 Å². The highest BCUT2D eigenvalue weighted by molar-refractivity contribution is 7.94. The molecule has 1 aliphatic rings. The van der Waals surface area contributed by atoms with Crippen LogP contribution in [-0.2, 0) is 18.5 Å². The van der Waals surface area contributed by atoms with Gasteiger partial charge in [-0.05, 0) is 39.7 Å². The van der Waals surface area contributed by atoms with Gasteiger partial charge in [-0.1, -0.05) is 0 Å². The van der Waals surface area contributed by atoms with Crippen LogP contribution in [0.15, 0.2) is 0 Å². The molecule has 0 radical (unpaired) electrons. The molecule has 1 saturated heterocycles. The molecule has 0 N–H and O–H groups in total. The maximum absolute atomic E-state index is 11.7. The maximum atomic E-state index is 11.7. The van der Waals surface area contributed by atoms with Crippen molar-refractivity contribution in [3.05, 3.63) is 0 Å². The zero-order valence-electron chi connectivity index (χ0n) is 14.2. The largest absolute Gasteiger partial charge is 0.313 e. The Morgan fingerprint density at radius 1 is 0.955 bits per heavy atom. The van der Waals surface area contributed by atoms with Crippen molar-refractivity contribution in [2.24, 2.45) is 0 Å². The van der Waals surface area contributed by atoms with Gasteiger partial charge < -0.3 is 4.18 Å². The summed E-state index contributed by atoms with van der Waals surface area (Å²) in [7, 11) is -3.39. The molecule has 0 atom stereocenters. The lowest BCUT2D eigenvalue weighted by atomic mass is 10.3. The first-order valence-corrected chi connectivity index (χ1v) is 10.4. The highest BCUT2D eigenvalue weighted by atomic mass is 32.2. The maximum Gasteiger partial charge on any atom is 0.268 e. The van der Waals surface area contributed by atoms with Crippen LogP contribution in [0.5, 0.6) is 0 Å². The molecule has 1 fully saturated rings. The Labute approximate surface area is 139 Å². The van der Waals surface area contributed by atoms with E-state index < -0.39 is 10.1 Å². The van der Waals surface area contributed by atoms with Gasteiger partial charge in [0.05, 0.1) is 18.0 Å². The fraction of sp³-hybridized carbons (Fsp3) is 1.00. The Bertz CT molecular complexity index is 394. The molecule has 0 unspecified atom stereocenters. The molecule has 0 spiro atoms. The third kappa shape index (κ3) is 9.32. The lowest BCUT2D eigenvalue weighted by molar-refractivity contribution is 0.142. The molecule has 0 amide bonds. The molecule has 1 rings (SSSR count). The molecule has 8 heteroatoms. The van der Waals surface area contributed by atoms with Crippen molar-refractivity contribution in [1.29, 1.82) is 0 Å². The van der Waals surface area contributed by atoms with E-state index in [0.29, 0.717) is 6.54 Å². The van der Waals surface area contributed by atoms with E-state index in [2.05, 4.69) is 9.80 Å². The summed E-state index contributed by atoms with van der Waals surface area (Å²) in [4.78, 5) is 4.59. The Hall–Kier alpha value is 0.140. The van der Waals surface area contributed by atoms with Gasteiger partial charge in [-0.2, -0.15) is 8.42 Å². The average Bonchev–Trinajstić information content (AvgIpc) is 2.41. The van der Waals surface area contributed by atoms with Crippen LogP contribution in [0.25, 0.3) is 0 Å². The molecule has 0 aromatic heterocycles. The minimum Gasteiger partial charge on any atom is -0.313 e. The molecule has 1 heterocycles. The standard InChI is InChI=1S/C14H30N2O4S2/c1-13(2)19-21-11-9-15-5-7-16(8-6-15)10-12-22(17,18)20-14(3)4/h13-14H,5-12H2,1-4H3. The van der Waals surface area contributed by atoms with Crippen LogP contribution in [0.2, 0.25) is 0 Å². The Kier molecular flexibility index (Phi) is 9.27. The molecule has 0 bridgehead atoms. The first-order chi connectivity index (χ1) is 10.3. The lowest BCUT2D eigenvalue weighted by Crippen LogP contribution is -2.48. The normalized spacial score (nSPS) is 18.5. The smallest absolute Gasteiger partial charge is 0.268 e. The van der Waals surface area contributed by atoms with Crippen molar-refractivity contribution < 1.29 is 16.8 Å². The molecule has 1 aliphatic heterocycles. The van der Waals surface area contributed by atoms with Gasteiger partial charge >= 0.3 is 0 Å². The summed E-state index contributed by atoms with van der Waals surface area (Å²) in [5.41, 5.74) is 0. The van der Waals surface area contributed by atoms with E-state index in [9.17, 15) is 8.42 Å². The monoisotopic (exact) mass is 354 g/mol. The van der Waals surface area contributed by atoms with Crippen LogP contribution >= 0.6 is 12.0 Å². The number of hydrogen-bond donors (Lipinski definition) is 0. The Balaban J connectivity index is 2.15. The third-order valence-electron chi connectivity index (χ3n) is 3.21. The molecule has 6 nitrogen and oxygen atoms in total. The molecule has 0 aromatic carbocycles. The summed E-state index contributed by atoms with van der Waals surface area (Å²) in [6.45, 7) is 12.9. The van der Waals surface area contributed by atoms with Gasteiger partial charge in [-0.3, -0.25) is 14.0 Å². The topological polar surface area (TPSA) is 59.1 Å². The fourth-order valence-corrected chi connectivity index (χ4v) is 4.03. The first kappa shape index (κ1) is 20.2. The van der Waals surface area contributed by atoms with E-state index >= 15 is 0 Å². The van der Waals surface area contributed by atoms with Gasteiger partial charge in [-0.15, -0.1) is 0 Å². The summed E-state index contributed by atoms with van der Waals surface area (Å²) >= 11 is 1.52. The Morgan fingerprint density at radius 2 is 1.50 bits per heavy atom. The molecular formula is C14H30N2O4S2. The van der Waals surface area contributed by atoms with Crippen molar-refractivity contribution in [3.63, 3.8) is 0 Å². The minimum atomic E-state index is -3.39. The van der Waals surface area contributed by atoms with Crippen LogP contribution in [-0.4, -0.2) is 81.2 Å².